The molecular formula is C18H20BrCl2N3O3S2. The Balaban J connectivity index is 0.00000204. The maximum Gasteiger partial charge on any atom is 0.264 e. The van der Waals surface area contributed by atoms with Crippen LogP contribution in [-0.2, 0) is 10.0 Å². The van der Waals surface area contributed by atoms with Gasteiger partial charge in [0, 0.05) is 6.42 Å². The Morgan fingerprint density at radius 1 is 1.34 bits per heavy atom. The quantitative estimate of drug-likeness (QED) is 0.302. The van der Waals surface area contributed by atoms with Gasteiger partial charge in [-0.1, -0.05) is 42.3 Å². The fourth-order valence-corrected chi connectivity index (χ4v) is 4.35. The molecule has 6 nitrogen and oxygen atoms in total. The van der Waals surface area contributed by atoms with Crippen molar-refractivity contribution in [1.82, 2.24) is 9.97 Å². The zero-order valence-corrected chi connectivity index (χ0v) is 20.3. The van der Waals surface area contributed by atoms with E-state index in [0.29, 0.717) is 17.6 Å². The Bertz CT molecular complexity index is 944. The van der Waals surface area contributed by atoms with E-state index >= 15 is 0 Å². The van der Waals surface area contributed by atoms with E-state index in [4.69, 9.17) is 27.9 Å². The van der Waals surface area contributed by atoms with Crippen LogP contribution in [0.4, 0.5) is 5.82 Å². The van der Waals surface area contributed by atoms with Gasteiger partial charge < -0.3 is 4.74 Å². The summed E-state index contributed by atoms with van der Waals surface area (Å²) in [5, 5.41) is 2.05. The Hall–Kier alpha value is -1.26. The summed E-state index contributed by atoms with van der Waals surface area (Å²) in [5.41, 5.74) is 0. The molecule has 0 aliphatic heterocycles. The van der Waals surface area contributed by atoms with Crippen LogP contribution in [-0.4, -0.2) is 30.7 Å². The Morgan fingerprint density at radius 2 is 2.07 bits per heavy atom. The molecule has 1 aromatic carbocycles. The Labute approximate surface area is 193 Å². The van der Waals surface area contributed by atoms with Crippen molar-refractivity contribution in [3.8, 4) is 5.88 Å². The van der Waals surface area contributed by atoms with Crippen LogP contribution in [0.1, 0.15) is 13.3 Å². The van der Waals surface area contributed by atoms with Gasteiger partial charge in [0.15, 0.2) is 0 Å². The number of rotatable bonds is 9. The lowest BCUT2D eigenvalue weighted by molar-refractivity contribution is 0.312. The molecule has 0 saturated carbocycles. The highest BCUT2D eigenvalue weighted by molar-refractivity contribution is 9.10. The smallest absolute Gasteiger partial charge is 0.264 e. The first-order chi connectivity index (χ1) is 13.8. The van der Waals surface area contributed by atoms with Gasteiger partial charge >= 0.3 is 0 Å². The third-order valence-electron chi connectivity index (χ3n) is 3.03. The predicted molar refractivity (Wildman–Crippen MR) is 126 cm³/mol. The molecule has 0 fully saturated rings. The number of aromatic nitrogens is 2. The third kappa shape index (κ3) is 8.18. The minimum Gasteiger partial charge on any atom is -0.475 e. The number of anilines is 1. The van der Waals surface area contributed by atoms with Crippen molar-refractivity contribution in [2.24, 2.45) is 0 Å². The highest BCUT2D eigenvalue weighted by atomic mass is 79.9. The standard InChI is InChI=1S/C16H16BrCl2N3O3S2.C2H4/c1-2-26-9-4-3-8-25-16-15(20-10-13(17)21-16)22-27(23,24)12-7-5-6-11(18)14(12)19;1-2/h4-7,9-10H,2-3,8H2,1H3,(H,20,22);1-2H2/b9-4-;. The van der Waals surface area contributed by atoms with Gasteiger partial charge in [0.2, 0.25) is 5.82 Å². The summed E-state index contributed by atoms with van der Waals surface area (Å²) in [6.07, 6.45) is 3.98. The van der Waals surface area contributed by atoms with Crippen LogP contribution in [0.15, 0.2) is 58.5 Å². The minimum atomic E-state index is -4.03. The van der Waals surface area contributed by atoms with Gasteiger partial charge in [-0.3, -0.25) is 4.72 Å². The second-order valence-electron chi connectivity index (χ2n) is 4.97. The summed E-state index contributed by atoms with van der Waals surface area (Å²) in [5.74, 6) is 1.01. The van der Waals surface area contributed by atoms with Crippen molar-refractivity contribution in [1.29, 1.82) is 0 Å². The number of hydrogen-bond acceptors (Lipinski definition) is 6. The van der Waals surface area contributed by atoms with E-state index in [2.05, 4.69) is 50.7 Å². The van der Waals surface area contributed by atoms with Crippen LogP contribution in [0.2, 0.25) is 10.0 Å². The summed E-state index contributed by atoms with van der Waals surface area (Å²) < 4.78 is 33.7. The van der Waals surface area contributed by atoms with Gasteiger partial charge in [0.25, 0.3) is 15.9 Å². The van der Waals surface area contributed by atoms with E-state index in [1.54, 1.807) is 11.8 Å². The zero-order valence-electron chi connectivity index (χ0n) is 15.6. The fourth-order valence-electron chi connectivity index (χ4n) is 1.85. The van der Waals surface area contributed by atoms with Gasteiger partial charge in [0.1, 0.15) is 9.50 Å². The number of benzene rings is 1. The normalized spacial score (nSPS) is 11.0. The summed E-state index contributed by atoms with van der Waals surface area (Å²) >= 11 is 16.8. The number of nitrogens with zero attached hydrogens (tertiary/aromatic N) is 2. The van der Waals surface area contributed by atoms with E-state index in [-0.39, 0.29) is 26.6 Å². The molecule has 0 radical (unpaired) electrons. The van der Waals surface area contributed by atoms with Gasteiger partial charge in [-0.15, -0.1) is 24.9 Å². The molecule has 0 amide bonds. The van der Waals surface area contributed by atoms with E-state index in [0.717, 1.165) is 5.75 Å². The second kappa shape index (κ2) is 13.1. The number of sulfonamides is 1. The van der Waals surface area contributed by atoms with E-state index in [1.807, 2.05) is 11.5 Å². The molecule has 0 saturated heterocycles. The van der Waals surface area contributed by atoms with Crippen LogP contribution in [0.3, 0.4) is 0 Å². The number of hydrogen-bond donors (Lipinski definition) is 1. The van der Waals surface area contributed by atoms with Crippen LogP contribution in [0.5, 0.6) is 5.88 Å². The number of nitrogens with one attached hydrogen (secondary N) is 1. The summed E-state index contributed by atoms with van der Waals surface area (Å²) in [6, 6.07) is 4.34. The Morgan fingerprint density at radius 3 is 2.76 bits per heavy atom. The molecule has 0 bridgehead atoms. The molecule has 2 rings (SSSR count). The lowest BCUT2D eigenvalue weighted by atomic mass is 10.4. The minimum absolute atomic E-state index is 0.0406. The average Bonchev–Trinajstić information content (AvgIpc) is 2.70. The van der Waals surface area contributed by atoms with Crippen LogP contribution in [0, 0.1) is 0 Å². The molecule has 1 heterocycles. The predicted octanol–water partition coefficient (Wildman–Crippen LogP) is 6.18. The molecule has 0 aliphatic rings. The van der Waals surface area contributed by atoms with Crippen molar-refractivity contribution in [2.75, 3.05) is 17.1 Å². The topological polar surface area (TPSA) is 81.2 Å². The van der Waals surface area contributed by atoms with Gasteiger partial charge in [-0.2, -0.15) is 0 Å². The first kappa shape index (κ1) is 25.8. The molecule has 29 heavy (non-hydrogen) atoms. The van der Waals surface area contributed by atoms with Gasteiger partial charge in [-0.05, 0) is 39.2 Å². The third-order valence-corrected chi connectivity index (χ3v) is 6.44. The zero-order chi connectivity index (χ0) is 21.9. The first-order valence-corrected chi connectivity index (χ1v) is 12.3. The van der Waals surface area contributed by atoms with Crippen LogP contribution >= 0.6 is 50.9 Å². The van der Waals surface area contributed by atoms with Crippen LogP contribution in [0.25, 0.3) is 0 Å². The van der Waals surface area contributed by atoms with Gasteiger partial charge in [0.05, 0.1) is 22.8 Å². The maximum atomic E-state index is 12.7. The van der Waals surface area contributed by atoms with E-state index in [9.17, 15) is 8.42 Å². The average molecular weight is 541 g/mol. The molecule has 0 spiro atoms. The van der Waals surface area contributed by atoms with E-state index < -0.39 is 10.0 Å². The SMILES string of the molecule is C=C.CCS/C=C\CCOc1nc(Br)cnc1NS(=O)(=O)c1cccc(Cl)c1Cl. The Kier molecular flexibility index (Phi) is 11.7. The summed E-state index contributed by atoms with van der Waals surface area (Å²) in [4.78, 5) is 8.03. The molecule has 1 aromatic heterocycles. The molecular weight excluding hydrogens is 521 g/mol. The molecule has 0 unspecified atom stereocenters. The fraction of sp³-hybridized carbons (Fsp3) is 0.222. The maximum absolute atomic E-state index is 12.7. The van der Waals surface area contributed by atoms with Crippen molar-refractivity contribution in [3.63, 3.8) is 0 Å². The molecule has 0 aliphatic carbocycles. The molecule has 158 valence electrons. The highest BCUT2D eigenvalue weighted by Gasteiger charge is 2.22. The number of ether oxygens (including phenoxy) is 1. The largest absolute Gasteiger partial charge is 0.475 e. The monoisotopic (exact) mass is 539 g/mol. The van der Waals surface area contributed by atoms with Crippen molar-refractivity contribution >= 4 is 66.7 Å². The van der Waals surface area contributed by atoms with Crippen molar-refractivity contribution in [2.45, 2.75) is 18.2 Å². The van der Waals surface area contributed by atoms with Crippen molar-refractivity contribution < 1.29 is 13.2 Å². The van der Waals surface area contributed by atoms with Gasteiger partial charge in [-0.25, -0.2) is 18.4 Å². The lowest BCUT2D eigenvalue weighted by Gasteiger charge is -2.12. The van der Waals surface area contributed by atoms with Crippen molar-refractivity contribution in [3.05, 3.63) is 63.7 Å². The number of thioether (sulfide) groups is 1. The number of halogens is 3. The first-order valence-electron chi connectivity index (χ1n) is 8.24. The molecule has 11 heteroatoms. The molecule has 1 N–H and O–H groups in total. The second-order valence-corrected chi connectivity index (χ2v) is 9.40. The summed E-state index contributed by atoms with van der Waals surface area (Å²) in [7, 11) is -4.03. The van der Waals surface area contributed by atoms with E-state index in [1.165, 1.54) is 24.4 Å². The van der Waals surface area contributed by atoms with Crippen LogP contribution < -0.4 is 9.46 Å². The lowest BCUT2D eigenvalue weighted by Crippen LogP contribution is -2.16. The summed E-state index contributed by atoms with van der Waals surface area (Å²) in [6.45, 7) is 8.38. The highest BCUT2D eigenvalue weighted by Crippen LogP contribution is 2.31. The molecule has 0 atom stereocenters. The molecule has 2 aromatic rings.